The molecule has 0 aliphatic rings. The standard InChI is InChI=1S/C15H12N4O2/c1-19(2)9-3-4-11-10(6-9)14(20)13-12(21-11)5-8(7-16)15(17)18-13/h3-6H,1-2H3,(H2,17,18). The lowest BCUT2D eigenvalue weighted by Gasteiger charge is -2.12. The van der Waals surface area contributed by atoms with Crippen LogP contribution >= 0.6 is 0 Å². The molecule has 0 unspecified atom stereocenters. The van der Waals surface area contributed by atoms with Crippen LogP contribution in [0.3, 0.4) is 0 Å². The number of rotatable bonds is 1. The van der Waals surface area contributed by atoms with E-state index in [0.29, 0.717) is 11.0 Å². The number of fused-ring (bicyclic) bond motifs is 2. The van der Waals surface area contributed by atoms with Crippen molar-refractivity contribution in [1.82, 2.24) is 4.98 Å². The van der Waals surface area contributed by atoms with E-state index >= 15 is 0 Å². The van der Waals surface area contributed by atoms with Crippen LogP contribution in [0.2, 0.25) is 0 Å². The summed E-state index contributed by atoms with van der Waals surface area (Å²) in [6.45, 7) is 0. The van der Waals surface area contributed by atoms with Gasteiger partial charge in [0.15, 0.2) is 11.1 Å². The smallest absolute Gasteiger partial charge is 0.219 e. The molecule has 2 heterocycles. The van der Waals surface area contributed by atoms with Gasteiger partial charge in [0, 0.05) is 25.8 Å². The maximum Gasteiger partial charge on any atom is 0.219 e. The van der Waals surface area contributed by atoms with E-state index in [-0.39, 0.29) is 27.9 Å². The molecule has 2 aromatic heterocycles. The summed E-state index contributed by atoms with van der Waals surface area (Å²) < 4.78 is 5.67. The number of nitrogen functional groups attached to an aromatic ring is 1. The highest BCUT2D eigenvalue weighted by molar-refractivity contribution is 5.90. The van der Waals surface area contributed by atoms with Crippen LogP contribution in [-0.2, 0) is 0 Å². The van der Waals surface area contributed by atoms with Gasteiger partial charge in [-0.15, -0.1) is 0 Å². The Morgan fingerprint density at radius 3 is 2.71 bits per heavy atom. The van der Waals surface area contributed by atoms with Crippen LogP contribution < -0.4 is 16.1 Å². The highest BCUT2D eigenvalue weighted by atomic mass is 16.3. The van der Waals surface area contributed by atoms with Crippen molar-refractivity contribution in [2.75, 3.05) is 24.7 Å². The van der Waals surface area contributed by atoms with Gasteiger partial charge in [0.1, 0.15) is 17.5 Å². The molecule has 0 saturated carbocycles. The summed E-state index contributed by atoms with van der Waals surface area (Å²) in [7, 11) is 3.78. The van der Waals surface area contributed by atoms with Crippen molar-refractivity contribution in [3.8, 4) is 6.07 Å². The average molecular weight is 280 g/mol. The van der Waals surface area contributed by atoms with Crippen LogP contribution in [0.25, 0.3) is 22.1 Å². The zero-order valence-corrected chi connectivity index (χ0v) is 11.5. The molecule has 0 radical (unpaired) electrons. The van der Waals surface area contributed by atoms with Crippen molar-refractivity contribution < 1.29 is 4.42 Å². The third-order valence-corrected chi connectivity index (χ3v) is 3.30. The molecule has 3 rings (SSSR count). The van der Waals surface area contributed by atoms with E-state index in [2.05, 4.69) is 4.98 Å². The first-order valence-corrected chi connectivity index (χ1v) is 6.26. The van der Waals surface area contributed by atoms with E-state index in [0.717, 1.165) is 5.69 Å². The molecule has 0 bridgehead atoms. The van der Waals surface area contributed by atoms with Crippen molar-refractivity contribution in [3.05, 3.63) is 40.1 Å². The first-order chi connectivity index (χ1) is 10.0. The van der Waals surface area contributed by atoms with Gasteiger partial charge >= 0.3 is 0 Å². The topological polar surface area (TPSA) is 96.2 Å². The largest absolute Gasteiger partial charge is 0.454 e. The molecular formula is C15H12N4O2. The maximum absolute atomic E-state index is 12.5. The summed E-state index contributed by atoms with van der Waals surface area (Å²) in [5.74, 6) is 0.0282. The van der Waals surface area contributed by atoms with E-state index < -0.39 is 0 Å². The van der Waals surface area contributed by atoms with Gasteiger partial charge in [-0.25, -0.2) is 4.98 Å². The first kappa shape index (κ1) is 12.9. The molecule has 2 N–H and O–H groups in total. The molecule has 0 aliphatic heterocycles. The number of anilines is 2. The lowest BCUT2D eigenvalue weighted by atomic mass is 10.1. The number of pyridine rings is 1. The van der Waals surface area contributed by atoms with Crippen LogP contribution in [0.5, 0.6) is 0 Å². The zero-order chi connectivity index (χ0) is 15.1. The van der Waals surface area contributed by atoms with Crippen LogP contribution in [0.4, 0.5) is 11.5 Å². The molecule has 6 nitrogen and oxygen atoms in total. The summed E-state index contributed by atoms with van der Waals surface area (Å²) >= 11 is 0. The van der Waals surface area contributed by atoms with E-state index in [1.54, 1.807) is 12.1 Å². The Kier molecular flexibility index (Phi) is 2.77. The fourth-order valence-electron chi connectivity index (χ4n) is 2.15. The molecule has 21 heavy (non-hydrogen) atoms. The number of hydrogen-bond donors (Lipinski definition) is 1. The summed E-state index contributed by atoms with van der Waals surface area (Å²) in [6.07, 6.45) is 0. The summed E-state index contributed by atoms with van der Waals surface area (Å²) in [5.41, 5.74) is 7.33. The average Bonchev–Trinajstić information content (AvgIpc) is 2.47. The van der Waals surface area contributed by atoms with Crippen molar-refractivity contribution in [2.45, 2.75) is 0 Å². The molecule has 1 aromatic carbocycles. The third-order valence-electron chi connectivity index (χ3n) is 3.30. The van der Waals surface area contributed by atoms with E-state index in [9.17, 15) is 4.79 Å². The van der Waals surface area contributed by atoms with Gasteiger partial charge in [-0.1, -0.05) is 0 Å². The van der Waals surface area contributed by atoms with Crippen LogP contribution in [-0.4, -0.2) is 19.1 Å². The summed E-state index contributed by atoms with van der Waals surface area (Å²) in [6, 6.07) is 8.70. The molecule has 0 amide bonds. The Hall–Kier alpha value is -3.07. The molecule has 3 aromatic rings. The highest BCUT2D eigenvalue weighted by Gasteiger charge is 2.13. The second-order valence-corrected chi connectivity index (χ2v) is 4.89. The van der Waals surface area contributed by atoms with Crippen LogP contribution in [0, 0.1) is 11.3 Å². The number of nitrogens with zero attached hydrogens (tertiary/aromatic N) is 3. The third kappa shape index (κ3) is 1.96. The molecule has 0 atom stereocenters. The predicted molar refractivity (Wildman–Crippen MR) is 81.2 cm³/mol. The van der Waals surface area contributed by atoms with Crippen molar-refractivity contribution in [1.29, 1.82) is 5.26 Å². The second-order valence-electron chi connectivity index (χ2n) is 4.89. The van der Waals surface area contributed by atoms with Crippen molar-refractivity contribution in [2.24, 2.45) is 0 Å². The number of nitrogens with two attached hydrogens (primary N) is 1. The minimum atomic E-state index is -0.258. The maximum atomic E-state index is 12.5. The fourth-order valence-corrected chi connectivity index (χ4v) is 2.15. The van der Waals surface area contributed by atoms with Gasteiger partial charge in [-0.05, 0) is 18.2 Å². The van der Waals surface area contributed by atoms with Gasteiger partial charge in [0.25, 0.3) is 0 Å². The van der Waals surface area contributed by atoms with Crippen molar-refractivity contribution in [3.63, 3.8) is 0 Å². The van der Waals surface area contributed by atoms with Gasteiger partial charge in [0.2, 0.25) is 5.43 Å². The Bertz CT molecular complexity index is 967. The molecule has 0 aliphatic carbocycles. The minimum Gasteiger partial charge on any atom is -0.454 e. The molecule has 0 spiro atoms. The number of hydrogen-bond acceptors (Lipinski definition) is 6. The van der Waals surface area contributed by atoms with Crippen LogP contribution in [0.15, 0.2) is 33.5 Å². The number of benzene rings is 1. The summed E-state index contributed by atoms with van der Waals surface area (Å²) in [4.78, 5) is 18.4. The Labute approximate surface area is 120 Å². The second kappa shape index (κ2) is 4.49. The predicted octanol–water partition coefficient (Wildman–Crippen LogP) is 1.86. The van der Waals surface area contributed by atoms with Crippen LogP contribution in [0.1, 0.15) is 5.56 Å². The summed E-state index contributed by atoms with van der Waals surface area (Å²) in [5, 5.41) is 9.40. The van der Waals surface area contributed by atoms with Gasteiger partial charge in [0.05, 0.1) is 10.9 Å². The van der Waals surface area contributed by atoms with Crippen molar-refractivity contribution >= 4 is 33.6 Å². The minimum absolute atomic E-state index is 0.0282. The molecule has 0 fully saturated rings. The quantitative estimate of drug-likeness (QED) is 0.683. The van der Waals surface area contributed by atoms with Gasteiger partial charge in [-0.3, -0.25) is 4.79 Å². The Balaban J connectivity index is 2.44. The fraction of sp³-hybridized carbons (Fsp3) is 0.133. The molecule has 6 heteroatoms. The lowest BCUT2D eigenvalue weighted by molar-refractivity contribution is 0.658. The Morgan fingerprint density at radius 1 is 1.29 bits per heavy atom. The highest BCUT2D eigenvalue weighted by Crippen LogP contribution is 2.23. The van der Waals surface area contributed by atoms with Gasteiger partial charge < -0.3 is 15.1 Å². The normalized spacial score (nSPS) is 10.7. The SMILES string of the molecule is CN(C)c1ccc2oc3cc(C#N)c(N)nc3c(=O)c2c1. The molecule has 104 valence electrons. The first-order valence-electron chi connectivity index (χ1n) is 6.26. The van der Waals surface area contributed by atoms with E-state index in [1.165, 1.54) is 6.07 Å². The number of nitriles is 1. The van der Waals surface area contributed by atoms with E-state index in [4.69, 9.17) is 15.4 Å². The zero-order valence-electron chi connectivity index (χ0n) is 11.5. The molecular weight excluding hydrogens is 268 g/mol. The van der Waals surface area contributed by atoms with Gasteiger partial charge in [-0.2, -0.15) is 5.26 Å². The monoisotopic (exact) mass is 280 g/mol. The Morgan fingerprint density at radius 2 is 2.05 bits per heavy atom. The lowest BCUT2D eigenvalue weighted by Crippen LogP contribution is -2.11. The molecule has 0 saturated heterocycles. The number of aromatic nitrogens is 1. The van der Waals surface area contributed by atoms with E-state index in [1.807, 2.05) is 31.1 Å².